The Hall–Kier alpha value is -1.92. The number of benzene rings is 1. The van der Waals surface area contributed by atoms with Crippen LogP contribution in [0, 0.1) is 0 Å². The normalized spacial score (nSPS) is 22.2. The lowest BCUT2D eigenvalue weighted by atomic mass is 10.1. The van der Waals surface area contributed by atoms with Crippen molar-refractivity contribution in [3.63, 3.8) is 0 Å². The van der Waals surface area contributed by atoms with Gasteiger partial charge in [0.25, 0.3) is 11.8 Å². The maximum Gasteiger partial charge on any atom is 0.253 e. The Morgan fingerprint density at radius 1 is 1.32 bits per heavy atom. The largest absolute Gasteiger partial charge is 0.366 e. The number of nitrogens with two attached hydrogens (primary N) is 2. The highest BCUT2D eigenvalue weighted by molar-refractivity contribution is 6.04. The minimum atomic E-state index is -0.580. The van der Waals surface area contributed by atoms with Crippen molar-refractivity contribution >= 4 is 17.5 Å². The van der Waals surface area contributed by atoms with E-state index in [1.807, 2.05) is 0 Å². The molecule has 2 rings (SSSR count). The van der Waals surface area contributed by atoms with Crippen LogP contribution in [-0.4, -0.2) is 30.6 Å². The van der Waals surface area contributed by atoms with E-state index in [1.54, 1.807) is 24.3 Å². The molecule has 0 aromatic heterocycles. The van der Waals surface area contributed by atoms with Crippen molar-refractivity contribution < 1.29 is 14.3 Å². The van der Waals surface area contributed by atoms with E-state index in [9.17, 15) is 9.59 Å². The van der Waals surface area contributed by atoms with Crippen LogP contribution in [0.5, 0.6) is 0 Å². The van der Waals surface area contributed by atoms with Gasteiger partial charge in [0.2, 0.25) is 0 Å². The molecule has 1 saturated heterocycles. The Balaban J connectivity index is 2.05. The fourth-order valence-corrected chi connectivity index (χ4v) is 2.09. The van der Waals surface area contributed by atoms with E-state index in [0.29, 0.717) is 18.7 Å². The molecule has 2 atom stereocenters. The molecule has 102 valence electrons. The zero-order valence-corrected chi connectivity index (χ0v) is 10.5. The smallest absolute Gasteiger partial charge is 0.253 e. The van der Waals surface area contributed by atoms with Crippen LogP contribution in [0.3, 0.4) is 0 Å². The minimum absolute atomic E-state index is 0.0675. The zero-order chi connectivity index (χ0) is 13.8. The van der Waals surface area contributed by atoms with Gasteiger partial charge < -0.3 is 21.5 Å². The number of nitrogens with one attached hydrogen (secondary N) is 1. The molecule has 1 aliphatic heterocycles. The lowest BCUT2D eigenvalue weighted by molar-refractivity contribution is -0.126. The number of anilines is 1. The Morgan fingerprint density at radius 2 is 2.05 bits per heavy atom. The first-order valence-corrected chi connectivity index (χ1v) is 6.17. The molecule has 0 saturated carbocycles. The van der Waals surface area contributed by atoms with Crippen molar-refractivity contribution in [3.8, 4) is 0 Å². The molecule has 5 N–H and O–H groups in total. The number of carbonyl (C=O) groups is 2. The number of primary amides is 1. The second-order valence-corrected chi connectivity index (χ2v) is 4.46. The van der Waals surface area contributed by atoms with E-state index in [2.05, 4.69) is 5.32 Å². The van der Waals surface area contributed by atoms with Gasteiger partial charge in [0.05, 0.1) is 17.4 Å². The minimum Gasteiger partial charge on any atom is -0.366 e. The molecule has 1 aliphatic rings. The van der Waals surface area contributed by atoms with Crippen molar-refractivity contribution in [1.82, 2.24) is 0 Å². The predicted molar refractivity (Wildman–Crippen MR) is 70.5 cm³/mol. The quantitative estimate of drug-likeness (QED) is 0.722. The van der Waals surface area contributed by atoms with Gasteiger partial charge in [-0.2, -0.15) is 0 Å². The van der Waals surface area contributed by atoms with Gasteiger partial charge in [-0.15, -0.1) is 0 Å². The summed E-state index contributed by atoms with van der Waals surface area (Å²) in [6.07, 6.45) is 0.815. The molecule has 0 aliphatic carbocycles. The van der Waals surface area contributed by atoms with Gasteiger partial charge in [-0.05, 0) is 25.0 Å². The second kappa shape index (κ2) is 5.81. The first-order valence-electron chi connectivity index (χ1n) is 6.17. The molecule has 1 heterocycles. The Morgan fingerprint density at radius 3 is 2.68 bits per heavy atom. The maximum absolute atomic E-state index is 12.0. The number of amides is 2. The highest BCUT2D eigenvalue weighted by atomic mass is 16.5. The lowest BCUT2D eigenvalue weighted by Gasteiger charge is -2.14. The van der Waals surface area contributed by atoms with E-state index in [0.717, 1.165) is 6.42 Å². The molecule has 1 aromatic carbocycles. The highest BCUT2D eigenvalue weighted by Gasteiger charge is 2.30. The molecule has 6 heteroatoms. The molecular formula is C13H17N3O3. The third-order valence-corrected chi connectivity index (χ3v) is 3.11. The SMILES string of the molecule is NCC1CCC(C(=O)Nc2ccccc2C(N)=O)O1. The van der Waals surface area contributed by atoms with Crippen LogP contribution in [-0.2, 0) is 9.53 Å². The molecular weight excluding hydrogens is 246 g/mol. The number of carbonyl (C=O) groups excluding carboxylic acids is 2. The number of rotatable bonds is 4. The summed E-state index contributed by atoms with van der Waals surface area (Å²) in [6.45, 7) is 0.404. The average Bonchev–Trinajstić information content (AvgIpc) is 2.88. The summed E-state index contributed by atoms with van der Waals surface area (Å²) >= 11 is 0. The molecule has 0 spiro atoms. The van der Waals surface area contributed by atoms with Crippen molar-refractivity contribution in [1.29, 1.82) is 0 Å². The van der Waals surface area contributed by atoms with E-state index < -0.39 is 12.0 Å². The first kappa shape index (κ1) is 13.5. The van der Waals surface area contributed by atoms with Crippen molar-refractivity contribution in [3.05, 3.63) is 29.8 Å². The van der Waals surface area contributed by atoms with Crippen LogP contribution in [0.15, 0.2) is 24.3 Å². The summed E-state index contributed by atoms with van der Waals surface area (Å²) in [5.41, 5.74) is 11.4. The van der Waals surface area contributed by atoms with Crippen LogP contribution < -0.4 is 16.8 Å². The fraction of sp³-hybridized carbons (Fsp3) is 0.385. The third-order valence-electron chi connectivity index (χ3n) is 3.11. The summed E-state index contributed by atoms with van der Waals surface area (Å²) in [6, 6.07) is 6.61. The topological polar surface area (TPSA) is 107 Å². The summed E-state index contributed by atoms with van der Waals surface area (Å²) in [5, 5.41) is 2.67. The summed E-state index contributed by atoms with van der Waals surface area (Å²) in [5.74, 6) is -0.854. The average molecular weight is 263 g/mol. The van der Waals surface area contributed by atoms with Gasteiger partial charge in [-0.3, -0.25) is 9.59 Å². The van der Waals surface area contributed by atoms with Crippen molar-refractivity contribution in [2.24, 2.45) is 11.5 Å². The van der Waals surface area contributed by atoms with Crippen LogP contribution >= 0.6 is 0 Å². The van der Waals surface area contributed by atoms with Gasteiger partial charge in [-0.25, -0.2) is 0 Å². The van der Waals surface area contributed by atoms with Crippen molar-refractivity contribution in [2.45, 2.75) is 25.0 Å². The summed E-state index contributed by atoms with van der Waals surface area (Å²) in [4.78, 5) is 23.3. The van der Waals surface area contributed by atoms with Crippen LogP contribution in [0.4, 0.5) is 5.69 Å². The molecule has 1 fully saturated rings. The Kier molecular flexibility index (Phi) is 4.13. The van der Waals surface area contributed by atoms with Crippen LogP contribution in [0.25, 0.3) is 0 Å². The standard InChI is InChI=1S/C13H17N3O3/c14-7-8-5-6-11(19-8)13(18)16-10-4-2-1-3-9(10)12(15)17/h1-4,8,11H,5-7,14H2,(H2,15,17)(H,16,18). The molecule has 6 nitrogen and oxygen atoms in total. The van der Waals surface area contributed by atoms with Crippen LogP contribution in [0.1, 0.15) is 23.2 Å². The predicted octanol–water partition coefficient (Wildman–Crippen LogP) is 0.230. The summed E-state index contributed by atoms with van der Waals surface area (Å²) in [7, 11) is 0. The molecule has 2 amide bonds. The molecule has 19 heavy (non-hydrogen) atoms. The van der Waals surface area contributed by atoms with Gasteiger partial charge in [0.1, 0.15) is 6.10 Å². The van der Waals surface area contributed by atoms with Gasteiger partial charge >= 0.3 is 0 Å². The van der Waals surface area contributed by atoms with Crippen molar-refractivity contribution in [2.75, 3.05) is 11.9 Å². The summed E-state index contributed by atoms with van der Waals surface area (Å²) < 4.78 is 5.49. The highest BCUT2D eigenvalue weighted by Crippen LogP contribution is 2.21. The molecule has 0 bridgehead atoms. The fourth-order valence-electron chi connectivity index (χ4n) is 2.09. The van der Waals surface area contributed by atoms with E-state index in [1.165, 1.54) is 0 Å². The Bertz CT molecular complexity index is 490. The van der Waals surface area contributed by atoms with Gasteiger partial charge in [0, 0.05) is 6.54 Å². The number of hydrogen-bond acceptors (Lipinski definition) is 4. The number of hydrogen-bond donors (Lipinski definition) is 3. The molecule has 1 aromatic rings. The lowest BCUT2D eigenvalue weighted by Crippen LogP contribution is -2.30. The van der Waals surface area contributed by atoms with Gasteiger partial charge in [-0.1, -0.05) is 12.1 Å². The maximum atomic E-state index is 12.0. The number of para-hydroxylation sites is 1. The first-order chi connectivity index (χ1) is 9.11. The number of ether oxygens (including phenoxy) is 1. The third kappa shape index (κ3) is 3.10. The van der Waals surface area contributed by atoms with E-state index in [-0.39, 0.29) is 17.6 Å². The monoisotopic (exact) mass is 263 g/mol. The Labute approximate surface area is 111 Å². The van der Waals surface area contributed by atoms with Crippen LogP contribution in [0.2, 0.25) is 0 Å². The van der Waals surface area contributed by atoms with E-state index in [4.69, 9.17) is 16.2 Å². The molecule has 2 unspecified atom stereocenters. The van der Waals surface area contributed by atoms with Gasteiger partial charge in [0.15, 0.2) is 0 Å². The second-order valence-electron chi connectivity index (χ2n) is 4.46. The molecule has 0 radical (unpaired) electrons. The van der Waals surface area contributed by atoms with E-state index >= 15 is 0 Å². The zero-order valence-electron chi connectivity index (χ0n) is 10.5.